The highest BCUT2D eigenvalue weighted by atomic mass is 32.2. The first-order chi connectivity index (χ1) is 7.74. The summed E-state index contributed by atoms with van der Waals surface area (Å²) in [7, 11) is 0. The van der Waals surface area contributed by atoms with Gasteiger partial charge in [-0.1, -0.05) is 31.2 Å². The topological polar surface area (TPSA) is 12.0 Å². The highest BCUT2D eigenvalue weighted by Crippen LogP contribution is 2.22. The van der Waals surface area contributed by atoms with Crippen molar-refractivity contribution in [2.45, 2.75) is 18.2 Å². The number of thioether (sulfide) groups is 1. The summed E-state index contributed by atoms with van der Waals surface area (Å²) in [6, 6.07) is 6.84. The van der Waals surface area contributed by atoms with E-state index in [-0.39, 0.29) is 5.82 Å². The Bertz CT molecular complexity index is 338. The molecule has 0 fully saturated rings. The van der Waals surface area contributed by atoms with Crippen molar-refractivity contribution in [2.24, 2.45) is 0 Å². The molecule has 0 atom stereocenters. The number of nitrogens with one attached hydrogen (secondary N) is 1. The van der Waals surface area contributed by atoms with Crippen LogP contribution in [0.5, 0.6) is 0 Å². The van der Waals surface area contributed by atoms with Crippen LogP contribution in [0.1, 0.15) is 13.3 Å². The third-order valence-corrected chi connectivity index (χ3v) is 3.26. The standard InChI is InChI=1S/C13H18FNS/c1-3-8-15-9-11(2)10-16-13-7-5-4-6-12(13)14/h4-7,15H,2-3,8-10H2,1H3. The first-order valence-corrected chi connectivity index (χ1v) is 6.47. The summed E-state index contributed by atoms with van der Waals surface area (Å²) in [5, 5.41) is 3.28. The fourth-order valence-electron chi connectivity index (χ4n) is 1.23. The van der Waals surface area contributed by atoms with Crippen molar-refractivity contribution < 1.29 is 4.39 Å². The predicted molar refractivity (Wildman–Crippen MR) is 69.4 cm³/mol. The normalized spacial score (nSPS) is 10.4. The molecule has 0 saturated carbocycles. The number of rotatable bonds is 7. The Balaban J connectivity index is 2.29. The Labute approximate surface area is 101 Å². The fourth-order valence-corrected chi connectivity index (χ4v) is 2.08. The maximum atomic E-state index is 13.3. The van der Waals surface area contributed by atoms with Gasteiger partial charge in [0.05, 0.1) is 0 Å². The van der Waals surface area contributed by atoms with Gasteiger partial charge in [-0.05, 0) is 25.1 Å². The molecule has 0 heterocycles. The van der Waals surface area contributed by atoms with E-state index in [1.807, 2.05) is 6.07 Å². The van der Waals surface area contributed by atoms with E-state index >= 15 is 0 Å². The lowest BCUT2D eigenvalue weighted by molar-refractivity contribution is 0.602. The molecule has 0 spiro atoms. The van der Waals surface area contributed by atoms with Crippen LogP contribution in [0.2, 0.25) is 0 Å². The molecule has 0 saturated heterocycles. The summed E-state index contributed by atoms with van der Waals surface area (Å²) in [5.41, 5.74) is 1.10. The van der Waals surface area contributed by atoms with Gasteiger partial charge in [0.1, 0.15) is 5.82 Å². The van der Waals surface area contributed by atoms with Gasteiger partial charge in [-0.15, -0.1) is 11.8 Å². The van der Waals surface area contributed by atoms with Crippen molar-refractivity contribution in [2.75, 3.05) is 18.8 Å². The molecule has 1 nitrogen and oxygen atoms in total. The molecular formula is C13H18FNS. The van der Waals surface area contributed by atoms with Gasteiger partial charge in [0.15, 0.2) is 0 Å². The van der Waals surface area contributed by atoms with Crippen LogP contribution in [0.4, 0.5) is 4.39 Å². The quantitative estimate of drug-likeness (QED) is 0.444. The minimum atomic E-state index is -0.151. The van der Waals surface area contributed by atoms with Gasteiger partial charge < -0.3 is 5.32 Å². The van der Waals surface area contributed by atoms with Gasteiger partial charge in [0, 0.05) is 17.2 Å². The second-order valence-electron chi connectivity index (χ2n) is 3.65. The van der Waals surface area contributed by atoms with Gasteiger partial charge >= 0.3 is 0 Å². The number of hydrogen-bond acceptors (Lipinski definition) is 2. The lowest BCUT2D eigenvalue weighted by atomic mass is 10.3. The minimum absolute atomic E-state index is 0.151. The van der Waals surface area contributed by atoms with E-state index in [9.17, 15) is 4.39 Å². The first kappa shape index (κ1) is 13.3. The molecule has 0 unspecified atom stereocenters. The molecule has 0 aliphatic heterocycles. The van der Waals surface area contributed by atoms with E-state index < -0.39 is 0 Å². The number of hydrogen-bond donors (Lipinski definition) is 1. The van der Waals surface area contributed by atoms with E-state index in [1.165, 1.54) is 17.8 Å². The maximum absolute atomic E-state index is 13.3. The van der Waals surface area contributed by atoms with Crippen molar-refractivity contribution in [1.82, 2.24) is 5.32 Å². The molecular weight excluding hydrogens is 221 g/mol. The van der Waals surface area contributed by atoms with Crippen LogP contribution in [0.3, 0.4) is 0 Å². The van der Waals surface area contributed by atoms with Gasteiger partial charge in [0.2, 0.25) is 0 Å². The van der Waals surface area contributed by atoms with E-state index in [0.717, 1.165) is 30.8 Å². The number of benzene rings is 1. The molecule has 88 valence electrons. The molecule has 1 aromatic rings. The highest BCUT2D eigenvalue weighted by Gasteiger charge is 2.02. The maximum Gasteiger partial charge on any atom is 0.136 e. The van der Waals surface area contributed by atoms with Crippen LogP contribution in [-0.4, -0.2) is 18.8 Å². The van der Waals surface area contributed by atoms with Crippen molar-refractivity contribution in [1.29, 1.82) is 0 Å². The molecule has 16 heavy (non-hydrogen) atoms. The van der Waals surface area contributed by atoms with Crippen molar-refractivity contribution in [3.8, 4) is 0 Å². The average Bonchev–Trinajstić information content (AvgIpc) is 2.28. The van der Waals surface area contributed by atoms with Crippen LogP contribution in [0, 0.1) is 5.82 Å². The first-order valence-electron chi connectivity index (χ1n) is 5.48. The summed E-state index contributed by atoms with van der Waals surface area (Å²) < 4.78 is 13.3. The van der Waals surface area contributed by atoms with E-state index in [4.69, 9.17) is 0 Å². The Hall–Kier alpha value is -0.800. The average molecular weight is 239 g/mol. The predicted octanol–water partition coefficient (Wildman–Crippen LogP) is 3.47. The molecule has 1 N–H and O–H groups in total. The van der Waals surface area contributed by atoms with Crippen LogP contribution < -0.4 is 5.32 Å². The van der Waals surface area contributed by atoms with Crippen LogP contribution in [0.15, 0.2) is 41.3 Å². The molecule has 0 aliphatic rings. The van der Waals surface area contributed by atoms with E-state index in [0.29, 0.717) is 4.90 Å². The Morgan fingerprint density at radius 1 is 1.44 bits per heavy atom. The summed E-state index contributed by atoms with van der Waals surface area (Å²) in [6.45, 7) is 7.91. The summed E-state index contributed by atoms with van der Waals surface area (Å²) in [6.07, 6.45) is 1.12. The van der Waals surface area contributed by atoms with E-state index in [2.05, 4.69) is 18.8 Å². The van der Waals surface area contributed by atoms with Gasteiger partial charge in [-0.2, -0.15) is 0 Å². The highest BCUT2D eigenvalue weighted by molar-refractivity contribution is 7.99. The zero-order chi connectivity index (χ0) is 11.8. The molecule has 0 amide bonds. The van der Waals surface area contributed by atoms with Crippen molar-refractivity contribution >= 4 is 11.8 Å². The van der Waals surface area contributed by atoms with E-state index in [1.54, 1.807) is 12.1 Å². The summed E-state index contributed by atoms with van der Waals surface area (Å²) in [5.74, 6) is 0.610. The largest absolute Gasteiger partial charge is 0.313 e. The lowest BCUT2D eigenvalue weighted by Gasteiger charge is -2.07. The molecule has 1 aromatic carbocycles. The third-order valence-electron chi connectivity index (χ3n) is 2.07. The molecule has 0 bridgehead atoms. The zero-order valence-electron chi connectivity index (χ0n) is 9.63. The lowest BCUT2D eigenvalue weighted by Crippen LogP contribution is -2.18. The summed E-state index contributed by atoms with van der Waals surface area (Å²) >= 11 is 1.50. The second kappa shape index (κ2) is 7.47. The third kappa shape index (κ3) is 4.81. The number of halogens is 1. The molecule has 0 radical (unpaired) electrons. The molecule has 0 aromatic heterocycles. The monoisotopic (exact) mass is 239 g/mol. The fraction of sp³-hybridized carbons (Fsp3) is 0.385. The Kier molecular flexibility index (Phi) is 6.19. The SMILES string of the molecule is C=C(CNCCC)CSc1ccccc1F. The van der Waals surface area contributed by atoms with Gasteiger partial charge in [-0.25, -0.2) is 4.39 Å². The van der Waals surface area contributed by atoms with Crippen LogP contribution >= 0.6 is 11.8 Å². The Morgan fingerprint density at radius 3 is 2.88 bits per heavy atom. The second-order valence-corrected chi connectivity index (χ2v) is 4.66. The van der Waals surface area contributed by atoms with Crippen molar-refractivity contribution in [3.63, 3.8) is 0 Å². The Morgan fingerprint density at radius 2 is 2.19 bits per heavy atom. The molecule has 3 heteroatoms. The van der Waals surface area contributed by atoms with Crippen LogP contribution in [-0.2, 0) is 0 Å². The van der Waals surface area contributed by atoms with Crippen LogP contribution in [0.25, 0.3) is 0 Å². The minimum Gasteiger partial charge on any atom is -0.313 e. The van der Waals surface area contributed by atoms with Gasteiger partial charge in [0.25, 0.3) is 0 Å². The zero-order valence-corrected chi connectivity index (χ0v) is 10.4. The van der Waals surface area contributed by atoms with Gasteiger partial charge in [-0.3, -0.25) is 0 Å². The molecule has 0 aliphatic carbocycles. The van der Waals surface area contributed by atoms with Crippen molar-refractivity contribution in [3.05, 3.63) is 42.2 Å². The summed E-state index contributed by atoms with van der Waals surface area (Å²) in [4.78, 5) is 0.694. The smallest absolute Gasteiger partial charge is 0.136 e. The molecule has 1 rings (SSSR count).